The smallest absolute Gasteiger partial charge is 0.387 e. The number of rotatable bonds is 7. The highest BCUT2D eigenvalue weighted by molar-refractivity contribution is 5.94. The number of alkyl halides is 2. The van der Waals surface area contributed by atoms with Gasteiger partial charge in [0.2, 0.25) is 0 Å². The van der Waals surface area contributed by atoms with E-state index in [-0.39, 0.29) is 17.2 Å². The molecule has 1 heterocycles. The summed E-state index contributed by atoms with van der Waals surface area (Å²) in [7, 11) is 2.14. The van der Waals surface area contributed by atoms with Crippen molar-refractivity contribution in [3.63, 3.8) is 0 Å². The van der Waals surface area contributed by atoms with E-state index >= 15 is 0 Å². The van der Waals surface area contributed by atoms with E-state index < -0.39 is 6.61 Å². The van der Waals surface area contributed by atoms with Gasteiger partial charge >= 0.3 is 6.61 Å². The van der Waals surface area contributed by atoms with Gasteiger partial charge in [-0.25, -0.2) is 0 Å². The van der Waals surface area contributed by atoms with E-state index in [9.17, 15) is 13.6 Å². The van der Waals surface area contributed by atoms with Crippen LogP contribution in [0, 0.1) is 0 Å². The summed E-state index contributed by atoms with van der Waals surface area (Å²) in [6.07, 6.45) is 0. The van der Waals surface area contributed by atoms with Gasteiger partial charge in [-0.2, -0.15) is 8.78 Å². The predicted octanol–water partition coefficient (Wildman–Crippen LogP) is 2.97. The molecule has 1 aliphatic rings. The van der Waals surface area contributed by atoms with Gasteiger partial charge in [0.25, 0.3) is 5.91 Å². The van der Waals surface area contributed by atoms with Crippen LogP contribution < -0.4 is 10.1 Å². The Balaban J connectivity index is 1.50. The summed E-state index contributed by atoms with van der Waals surface area (Å²) >= 11 is 0. The predicted molar refractivity (Wildman–Crippen MR) is 103 cm³/mol. The molecule has 150 valence electrons. The summed E-state index contributed by atoms with van der Waals surface area (Å²) in [5.74, 6) is -0.364. The molecule has 0 radical (unpaired) electrons. The van der Waals surface area contributed by atoms with Gasteiger partial charge in [-0.05, 0) is 36.4 Å². The van der Waals surface area contributed by atoms with Crippen molar-refractivity contribution in [3.05, 3.63) is 65.2 Å². The molecule has 1 fully saturated rings. The van der Waals surface area contributed by atoms with E-state index in [1.165, 1.54) is 23.8 Å². The second-order valence-electron chi connectivity index (χ2n) is 6.98. The second-order valence-corrected chi connectivity index (χ2v) is 6.98. The number of hydrogen-bond donors (Lipinski definition) is 1. The van der Waals surface area contributed by atoms with Crippen LogP contribution in [-0.2, 0) is 13.1 Å². The Hall–Kier alpha value is -2.51. The molecule has 1 amide bonds. The van der Waals surface area contributed by atoms with Gasteiger partial charge in [-0.3, -0.25) is 9.69 Å². The molecule has 1 N–H and O–H groups in total. The maximum absolute atomic E-state index is 12.3. The zero-order valence-corrected chi connectivity index (χ0v) is 15.9. The normalized spacial score (nSPS) is 15.6. The minimum Gasteiger partial charge on any atom is -0.435 e. The Bertz CT molecular complexity index is 775. The Morgan fingerprint density at radius 1 is 1.07 bits per heavy atom. The second kappa shape index (κ2) is 9.61. The number of nitrogens with one attached hydrogen (secondary N) is 1. The fourth-order valence-electron chi connectivity index (χ4n) is 3.12. The Morgan fingerprint density at radius 2 is 1.75 bits per heavy atom. The SMILES string of the molecule is CN1CCN(Cc2ccc(CNC(=O)c3cccc(OC(F)F)c3)cc2)CC1. The first-order valence-electron chi connectivity index (χ1n) is 9.31. The largest absolute Gasteiger partial charge is 0.435 e. The first-order chi connectivity index (χ1) is 13.5. The summed E-state index contributed by atoms with van der Waals surface area (Å²) in [5.41, 5.74) is 2.51. The Kier molecular flexibility index (Phi) is 6.95. The lowest BCUT2D eigenvalue weighted by Gasteiger charge is -2.32. The zero-order valence-electron chi connectivity index (χ0n) is 15.9. The molecule has 0 spiro atoms. The van der Waals surface area contributed by atoms with Crippen LogP contribution in [0.4, 0.5) is 8.78 Å². The van der Waals surface area contributed by atoms with Crippen molar-refractivity contribution >= 4 is 5.91 Å². The highest BCUT2D eigenvalue weighted by atomic mass is 19.3. The number of ether oxygens (including phenoxy) is 1. The highest BCUT2D eigenvalue weighted by Crippen LogP contribution is 2.16. The molecule has 0 atom stereocenters. The van der Waals surface area contributed by atoms with Crippen LogP contribution >= 0.6 is 0 Å². The number of hydrogen-bond acceptors (Lipinski definition) is 4. The van der Waals surface area contributed by atoms with Crippen molar-refractivity contribution in [2.45, 2.75) is 19.7 Å². The van der Waals surface area contributed by atoms with E-state index in [4.69, 9.17) is 0 Å². The number of likely N-dealkylation sites (N-methyl/N-ethyl adjacent to an activating group) is 1. The molecule has 2 aromatic carbocycles. The third-order valence-corrected chi connectivity index (χ3v) is 4.80. The first-order valence-corrected chi connectivity index (χ1v) is 9.31. The van der Waals surface area contributed by atoms with E-state index in [0.29, 0.717) is 6.54 Å². The van der Waals surface area contributed by atoms with Crippen LogP contribution in [0.15, 0.2) is 48.5 Å². The summed E-state index contributed by atoms with van der Waals surface area (Å²) in [6.45, 7) is 2.71. The van der Waals surface area contributed by atoms with Crippen LogP contribution in [0.2, 0.25) is 0 Å². The molecule has 1 saturated heterocycles. The molecular weight excluding hydrogens is 364 g/mol. The van der Waals surface area contributed by atoms with Crippen LogP contribution in [0.1, 0.15) is 21.5 Å². The topological polar surface area (TPSA) is 44.8 Å². The van der Waals surface area contributed by atoms with Crippen LogP contribution in [0.25, 0.3) is 0 Å². The number of halogens is 2. The summed E-state index contributed by atoms with van der Waals surface area (Å²) in [5, 5.41) is 2.80. The maximum Gasteiger partial charge on any atom is 0.387 e. The standard InChI is InChI=1S/C21H25F2N3O2/c1-25-9-11-26(12-10-25)15-17-7-5-16(6-8-17)14-24-20(27)18-3-2-4-19(13-18)28-21(22)23/h2-8,13,21H,9-12,14-15H2,1H3,(H,24,27). The van der Waals surface area contributed by atoms with Gasteiger partial charge in [-0.15, -0.1) is 0 Å². The van der Waals surface area contributed by atoms with Crippen molar-refractivity contribution in [2.24, 2.45) is 0 Å². The van der Waals surface area contributed by atoms with Crippen LogP contribution in [0.3, 0.4) is 0 Å². The molecule has 0 saturated carbocycles. The van der Waals surface area contributed by atoms with Gasteiger partial charge in [0.1, 0.15) is 5.75 Å². The van der Waals surface area contributed by atoms with E-state index in [1.807, 2.05) is 12.1 Å². The number of piperazine rings is 1. The van der Waals surface area contributed by atoms with Crippen molar-refractivity contribution < 1.29 is 18.3 Å². The molecular formula is C21H25F2N3O2. The van der Waals surface area contributed by atoms with E-state index in [1.54, 1.807) is 6.07 Å². The molecule has 0 bridgehead atoms. The summed E-state index contributed by atoms with van der Waals surface area (Å²) in [6, 6.07) is 13.9. The summed E-state index contributed by atoms with van der Waals surface area (Å²) in [4.78, 5) is 17.0. The number of amides is 1. The average Bonchev–Trinajstić information content (AvgIpc) is 2.69. The molecule has 3 rings (SSSR count). The van der Waals surface area contributed by atoms with Crippen molar-refractivity contribution in [1.82, 2.24) is 15.1 Å². The molecule has 1 aliphatic heterocycles. The van der Waals surface area contributed by atoms with Crippen molar-refractivity contribution in [1.29, 1.82) is 0 Å². The quantitative estimate of drug-likeness (QED) is 0.791. The Labute approximate surface area is 163 Å². The van der Waals surface area contributed by atoms with Gasteiger partial charge in [0.05, 0.1) is 0 Å². The third kappa shape index (κ3) is 6.00. The molecule has 7 heteroatoms. The van der Waals surface area contributed by atoms with Gasteiger partial charge in [0, 0.05) is 44.8 Å². The van der Waals surface area contributed by atoms with Crippen molar-refractivity contribution in [2.75, 3.05) is 33.2 Å². The molecule has 2 aromatic rings. The zero-order chi connectivity index (χ0) is 19.9. The number of nitrogens with zero attached hydrogens (tertiary/aromatic N) is 2. The lowest BCUT2D eigenvalue weighted by atomic mass is 10.1. The third-order valence-electron chi connectivity index (χ3n) is 4.80. The average molecular weight is 389 g/mol. The minimum atomic E-state index is -2.91. The van der Waals surface area contributed by atoms with E-state index in [0.717, 1.165) is 38.3 Å². The van der Waals surface area contributed by atoms with Crippen LogP contribution in [-0.4, -0.2) is 55.5 Å². The molecule has 28 heavy (non-hydrogen) atoms. The van der Waals surface area contributed by atoms with Gasteiger partial charge in [-0.1, -0.05) is 30.3 Å². The molecule has 5 nitrogen and oxygen atoms in total. The molecule has 0 unspecified atom stereocenters. The fraction of sp³-hybridized carbons (Fsp3) is 0.381. The lowest BCUT2D eigenvalue weighted by molar-refractivity contribution is -0.0498. The number of carbonyl (C=O) groups excluding carboxylic acids is 1. The molecule has 0 aliphatic carbocycles. The Morgan fingerprint density at radius 3 is 2.43 bits per heavy atom. The van der Waals surface area contributed by atoms with Gasteiger partial charge < -0.3 is 15.0 Å². The number of carbonyl (C=O) groups is 1. The summed E-state index contributed by atoms with van der Waals surface area (Å²) < 4.78 is 28.9. The van der Waals surface area contributed by atoms with E-state index in [2.05, 4.69) is 39.0 Å². The lowest BCUT2D eigenvalue weighted by Crippen LogP contribution is -2.43. The minimum absolute atomic E-state index is 0.0316. The highest BCUT2D eigenvalue weighted by Gasteiger charge is 2.14. The first kappa shape index (κ1) is 20.2. The number of benzene rings is 2. The van der Waals surface area contributed by atoms with Crippen LogP contribution in [0.5, 0.6) is 5.75 Å². The maximum atomic E-state index is 12.3. The van der Waals surface area contributed by atoms with Gasteiger partial charge in [0.15, 0.2) is 0 Å². The van der Waals surface area contributed by atoms with Crippen molar-refractivity contribution in [3.8, 4) is 5.75 Å². The fourth-order valence-corrected chi connectivity index (χ4v) is 3.12. The monoisotopic (exact) mass is 389 g/mol. The molecule has 0 aromatic heterocycles.